The van der Waals surface area contributed by atoms with Crippen LogP contribution in [0.1, 0.15) is 25.3 Å². The van der Waals surface area contributed by atoms with Crippen LogP contribution in [0.15, 0.2) is 18.2 Å². The van der Waals surface area contributed by atoms with Crippen molar-refractivity contribution >= 4 is 17.3 Å². The smallest absolute Gasteiger partial charge is 0.0682 e. The molecule has 1 aromatic carbocycles. The summed E-state index contributed by atoms with van der Waals surface area (Å²) in [5.41, 5.74) is 1.82. The minimum atomic E-state index is 0.0501. The van der Waals surface area contributed by atoms with E-state index in [9.17, 15) is 5.11 Å². The van der Waals surface area contributed by atoms with Crippen LogP contribution in [-0.2, 0) is 6.61 Å². The molecule has 0 spiro atoms. The third-order valence-corrected chi connectivity index (χ3v) is 4.40. The number of halogens is 1. The van der Waals surface area contributed by atoms with E-state index in [1.54, 1.807) is 0 Å². The van der Waals surface area contributed by atoms with E-state index in [2.05, 4.69) is 24.2 Å². The van der Waals surface area contributed by atoms with E-state index in [-0.39, 0.29) is 6.61 Å². The van der Waals surface area contributed by atoms with Gasteiger partial charge in [-0.05, 0) is 63.5 Å². The van der Waals surface area contributed by atoms with E-state index in [1.807, 2.05) is 18.2 Å². The molecule has 3 nitrogen and oxygen atoms in total. The maximum atomic E-state index is 9.19. The lowest BCUT2D eigenvalue weighted by atomic mass is 9.90. The summed E-state index contributed by atoms with van der Waals surface area (Å²) in [6.07, 6.45) is 2.45. The molecule has 0 saturated carbocycles. The van der Waals surface area contributed by atoms with Crippen molar-refractivity contribution in [1.29, 1.82) is 0 Å². The summed E-state index contributed by atoms with van der Waals surface area (Å²) in [6.45, 7) is 4.61. The number of aliphatic hydroxyl groups excluding tert-OH is 1. The average molecular weight is 283 g/mol. The first kappa shape index (κ1) is 14.6. The zero-order chi connectivity index (χ0) is 13.8. The number of piperidine rings is 1. The fraction of sp³-hybridized carbons (Fsp3) is 0.600. The summed E-state index contributed by atoms with van der Waals surface area (Å²) in [5.74, 6) is 0.685. The molecule has 1 unspecified atom stereocenters. The Hall–Kier alpha value is -0.770. The minimum absolute atomic E-state index is 0.0501. The van der Waals surface area contributed by atoms with Crippen molar-refractivity contribution in [3.63, 3.8) is 0 Å². The van der Waals surface area contributed by atoms with Gasteiger partial charge >= 0.3 is 0 Å². The van der Waals surface area contributed by atoms with Gasteiger partial charge in [0.05, 0.1) is 17.3 Å². The molecule has 0 amide bonds. The Kier molecular flexibility index (Phi) is 5.08. The summed E-state index contributed by atoms with van der Waals surface area (Å²) in [5, 5.41) is 13.4. The van der Waals surface area contributed by atoms with Gasteiger partial charge in [0.1, 0.15) is 0 Å². The number of hydrogen-bond donors (Lipinski definition) is 2. The van der Waals surface area contributed by atoms with Gasteiger partial charge in [0.25, 0.3) is 0 Å². The highest BCUT2D eigenvalue weighted by molar-refractivity contribution is 6.33. The van der Waals surface area contributed by atoms with Gasteiger partial charge in [0, 0.05) is 6.04 Å². The van der Waals surface area contributed by atoms with Crippen molar-refractivity contribution < 1.29 is 5.11 Å². The van der Waals surface area contributed by atoms with Gasteiger partial charge in [-0.1, -0.05) is 17.7 Å². The molecule has 1 heterocycles. The fourth-order valence-corrected chi connectivity index (χ4v) is 2.85. The third kappa shape index (κ3) is 3.85. The zero-order valence-electron chi connectivity index (χ0n) is 11.7. The van der Waals surface area contributed by atoms with Crippen LogP contribution < -0.4 is 5.32 Å². The number of hydrogen-bond acceptors (Lipinski definition) is 3. The van der Waals surface area contributed by atoms with Crippen LogP contribution in [0.5, 0.6) is 0 Å². The highest BCUT2D eigenvalue weighted by atomic mass is 35.5. The molecule has 0 aliphatic carbocycles. The Morgan fingerprint density at radius 2 is 2.11 bits per heavy atom. The maximum absolute atomic E-state index is 9.19. The second-order valence-electron chi connectivity index (χ2n) is 5.55. The summed E-state index contributed by atoms with van der Waals surface area (Å²) >= 11 is 6.21. The number of nitrogens with zero attached hydrogens (tertiary/aromatic N) is 1. The predicted octanol–water partition coefficient (Wildman–Crippen LogP) is 2.97. The van der Waals surface area contributed by atoms with Gasteiger partial charge in [0.2, 0.25) is 0 Å². The lowest BCUT2D eigenvalue weighted by Gasteiger charge is -2.33. The standard InChI is InChI=1S/C15H23ClN2O/c1-11(13-5-7-18(2)8-6-13)17-15-9-12(10-19)3-4-14(15)16/h3-4,9,11,13,17,19H,5-8,10H2,1-2H3. The Morgan fingerprint density at radius 1 is 1.42 bits per heavy atom. The van der Waals surface area contributed by atoms with Gasteiger partial charge in [-0.2, -0.15) is 0 Å². The molecule has 0 bridgehead atoms. The van der Waals surface area contributed by atoms with E-state index in [1.165, 1.54) is 25.9 Å². The highest BCUT2D eigenvalue weighted by Gasteiger charge is 2.22. The number of benzene rings is 1. The van der Waals surface area contributed by atoms with E-state index in [4.69, 9.17) is 11.6 Å². The minimum Gasteiger partial charge on any atom is -0.392 e. The molecule has 1 aliphatic rings. The van der Waals surface area contributed by atoms with Crippen molar-refractivity contribution in [3.05, 3.63) is 28.8 Å². The average Bonchev–Trinajstić information content (AvgIpc) is 2.42. The SMILES string of the molecule is CC(Nc1cc(CO)ccc1Cl)C1CCN(C)CC1. The molecule has 1 aliphatic heterocycles. The fourth-order valence-electron chi connectivity index (χ4n) is 2.67. The zero-order valence-corrected chi connectivity index (χ0v) is 12.5. The molecule has 1 saturated heterocycles. The van der Waals surface area contributed by atoms with Crippen molar-refractivity contribution in [2.75, 3.05) is 25.5 Å². The number of nitrogens with one attached hydrogen (secondary N) is 1. The molecule has 1 atom stereocenters. The number of anilines is 1. The number of aliphatic hydroxyl groups is 1. The Morgan fingerprint density at radius 3 is 2.74 bits per heavy atom. The Bertz CT molecular complexity index is 417. The lowest BCUT2D eigenvalue weighted by Crippen LogP contribution is -2.37. The first-order valence-electron chi connectivity index (χ1n) is 6.94. The molecule has 4 heteroatoms. The largest absolute Gasteiger partial charge is 0.392 e. The van der Waals surface area contributed by atoms with Crippen LogP contribution in [0, 0.1) is 5.92 Å². The Balaban J connectivity index is 2.00. The molecule has 1 aromatic rings. The van der Waals surface area contributed by atoms with E-state index in [0.717, 1.165) is 16.3 Å². The van der Waals surface area contributed by atoms with Crippen LogP contribution in [-0.4, -0.2) is 36.2 Å². The van der Waals surface area contributed by atoms with Gasteiger partial charge in [0.15, 0.2) is 0 Å². The van der Waals surface area contributed by atoms with E-state index in [0.29, 0.717) is 12.0 Å². The van der Waals surface area contributed by atoms with Crippen molar-refractivity contribution in [1.82, 2.24) is 4.90 Å². The van der Waals surface area contributed by atoms with Crippen LogP contribution >= 0.6 is 11.6 Å². The number of likely N-dealkylation sites (tertiary alicyclic amines) is 1. The van der Waals surface area contributed by atoms with Crippen LogP contribution in [0.3, 0.4) is 0 Å². The molecule has 19 heavy (non-hydrogen) atoms. The monoisotopic (exact) mass is 282 g/mol. The summed E-state index contributed by atoms with van der Waals surface area (Å²) in [4.78, 5) is 2.38. The summed E-state index contributed by atoms with van der Waals surface area (Å²) < 4.78 is 0. The molecule has 0 aromatic heterocycles. The molecular formula is C15H23ClN2O. The van der Waals surface area contributed by atoms with Gasteiger partial charge in [-0.3, -0.25) is 0 Å². The van der Waals surface area contributed by atoms with Crippen LogP contribution in [0.4, 0.5) is 5.69 Å². The molecule has 2 rings (SSSR count). The molecule has 1 fully saturated rings. The first-order valence-corrected chi connectivity index (χ1v) is 7.32. The number of rotatable bonds is 4. The normalized spacial score (nSPS) is 19.4. The molecule has 106 valence electrons. The van der Waals surface area contributed by atoms with E-state index < -0.39 is 0 Å². The topological polar surface area (TPSA) is 35.5 Å². The van der Waals surface area contributed by atoms with Gasteiger partial charge in [-0.25, -0.2) is 0 Å². The quantitative estimate of drug-likeness (QED) is 0.891. The van der Waals surface area contributed by atoms with Crippen LogP contribution in [0.25, 0.3) is 0 Å². The van der Waals surface area contributed by atoms with Crippen molar-refractivity contribution in [3.8, 4) is 0 Å². The van der Waals surface area contributed by atoms with Crippen LogP contribution in [0.2, 0.25) is 5.02 Å². The summed E-state index contributed by atoms with van der Waals surface area (Å²) in [6, 6.07) is 6.04. The maximum Gasteiger partial charge on any atom is 0.0682 e. The second kappa shape index (κ2) is 6.60. The molecule has 2 N–H and O–H groups in total. The lowest BCUT2D eigenvalue weighted by molar-refractivity contribution is 0.208. The highest BCUT2D eigenvalue weighted by Crippen LogP contribution is 2.27. The van der Waals surface area contributed by atoms with Gasteiger partial charge in [-0.15, -0.1) is 0 Å². The van der Waals surface area contributed by atoms with Crippen molar-refractivity contribution in [2.45, 2.75) is 32.4 Å². The van der Waals surface area contributed by atoms with Gasteiger partial charge < -0.3 is 15.3 Å². The van der Waals surface area contributed by atoms with Crippen molar-refractivity contribution in [2.24, 2.45) is 5.92 Å². The summed E-state index contributed by atoms with van der Waals surface area (Å²) in [7, 11) is 2.18. The Labute approximate surface area is 120 Å². The van der Waals surface area contributed by atoms with E-state index >= 15 is 0 Å². The molecule has 0 radical (unpaired) electrons. The predicted molar refractivity (Wildman–Crippen MR) is 80.7 cm³/mol. The third-order valence-electron chi connectivity index (χ3n) is 4.07. The first-order chi connectivity index (χ1) is 9.10. The second-order valence-corrected chi connectivity index (χ2v) is 5.95. The molecular weight excluding hydrogens is 260 g/mol.